The Hall–Kier alpha value is -2.69. The first-order valence-corrected chi connectivity index (χ1v) is 6.68. The van der Waals surface area contributed by atoms with Gasteiger partial charge >= 0.3 is 0 Å². The van der Waals surface area contributed by atoms with Crippen molar-refractivity contribution in [2.24, 2.45) is 10.2 Å². The molecule has 0 bridgehead atoms. The molecule has 0 spiro atoms. The number of azo groups is 1. The van der Waals surface area contributed by atoms with Crippen molar-refractivity contribution in [3.63, 3.8) is 0 Å². The van der Waals surface area contributed by atoms with Crippen LogP contribution in [-0.2, 0) is 4.79 Å². The van der Waals surface area contributed by atoms with Crippen LogP contribution >= 0.6 is 0 Å². The SMILES string of the molecule is CC(=O)NCCOc1ccc(N=Nc2ccccc2)cc1. The Labute approximate surface area is 123 Å². The molecule has 108 valence electrons. The van der Waals surface area contributed by atoms with Gasteiger partial charge in [0.1, 0.15) is 12.4 Å². The van der Waals surface area contributed by atoms with Crippen molar-refractivity contribution in [2.45, 2.75) is 6.92 Å². The highest BCUT2D eigenvalue weighted by Crippen LogP contribution is 2.20. The first-order valence-electron chi connectivity index (χ1n) is 6.68. The van der Waals surface area contributed by atoms with Gasteiger partial charge in [-0.25, -0.2) is 0 Å². The fraction of sp³-hybridized carbons (Fsp3) is 0.188. The van der Waals surface area contributed by atoms with Gasteiger partial charge in [-0.1, -0.05) is 18.2 Å². The highest BCUT2D eigenvalue weighted by Gasteiger charge is 1.96. The number of ether oxygens (including phenoxy) is 1. The van der Waals surface area contributed by atoms with E-state index in [4.69, 9.17) is 4.74 Å². The van der Waals surface area contributed by atoms with Crippen molar-refractivity contribution < 1.29 is 9.53 Å². The number of amides is 1. The third-order valence-electron chi connectivity index (χ3n) is 2.62. The molecule has 0 saturated carbocycles. The highest BCUT2D eigenvalue weighted by molar-refractivity contribution is 5.72. The summed E-state index contributed by atoms with van der Waals surface area (Å²) >= 11 is 0. The van der Waals surface area contributed by atoms with Gasteiger partial charge in [-0.15, -0.1) is 0 Å². The summed E-state index contributed by atoms with van der Waals surface area (Å²) in [7, 11) is 0. The second-order valence-corrected chi connectivity index (χ2v) is 4.36. The molecule has 2 aromatic rings. The van der Waals surface area contributed by atoms with E-state index >= 15 is 0 Å². The molecule has 0 aliphatic heterocycles. The summed E-state index contributed by atoms with van der Waals surface area (Å²) in [4.78, 5) is 10.7. The van der Waals surface area contributed by atoms with Crippen LogP contribution < -0.4 is 10.1 Å². The minimum atomic E-state index is -0.0599. The number of nitrogens with one attached hydrogen (secondary N) is 1. The van der Waals surface area contributed by atoms with Gasteiger partial charge in [0.15, 0.2) is 0 Å². The maximum absolute atomic E-state index is 10.7. The van der Waals surface area contributed by atoms with Crippen molar-refractivity contribution >= 4 is 17.3 Å². The monoisotopic (exact) mass is 283 g/mol. The van der Waals surface area contributed by atoms with E-state index in [1.165, 1.54) is 6.92 Å². The van der Waals surface area contributed by atoms with Crippen molar-refractivity contribution in [3.05, 3.63) is 54.6 Å². The average Bonchev–Trinajstić information content (AvgIpc) is 2.51. The lowest BCUT2D eigenvalue weighted by atomic mass is 10.3. The van der Waals surface area contributed by atoms with Crippen molar-refractivity contribution in [3.8, 4) is 5.75 Å². The molecule has 0 atom stereocenters. The van der Waals surface area contributed by atoms with Crippen molar-refractivity contribution in [2.75, 3.05) is 13.2 Å². The van der Waals surface area contributed by atoms with Crippen molar-refractivity contribution in [1.29, 1.82) is 0 Å². The number of carbonyl (C=O) groups excluding carboxylic acids is 1. The summed E-state index contributed by atoms with van der Waals surface area (Å²) in [5.74, 6) is 0.675. The van der Waals surface area contributed by atoms with Gasteiger partial charge in [0.25, 0.3) is 0 Å². The number of rotatable bonds is 6. The van der Waals surface area contributed by atoms with Crippen LogP contribution in [-0.4, -0.2) is 19.1 Å². The zero-order valence-corrected chi connectivity index (χ0v) is 11.8. The highest BCUT2D eigenvalue weighted by atomic mass is 16.5. The van der Waals surface area contributed by atoms with E-state index in [-0.39, 0.29) is 5.91 Å². The molecule has 0 radical (unpaired) electrons. The maximum atomic E-state index is 10.7. The number of benzene rings is 2. The molecule has 0 fully saturated rings. The molecule has 21 heavy (non-hydrogen) atoms. The van der Waals surface area contributed by atoms with Crippen LogP contribution in [0, 0.1) is 0 Å². The van der Waals surface area contributed by atoms with Crippen LogP contribution in [0.1, 0.15) is 6.92 Å². The Balaban J connectivity index is 1.84. The van der Waals surface area contributed by atoms with E-state index in [1.807, 2.05) is 54.6 Å². The van der Waals surface area contributed by atoms with Gasteiger partial charge in [0, 0.05) is 6.92 Å². The Morgan fingerprint density at radius 2 is 1.62 bits per heavy atom. The molecule has 0 unspecified atom stereocenters. The Morgan fingerprint density at radius 1 is 1.00 bits per heavy atom. The van der Waals surface area contributed by atoms with E-state index in [0.717, 1.165) is 17.1 Å². The minimum Gasteiger partial charge on any atom is -0.492 e. The molecular formula is C16H17N3O2. The molecule has 1 N–H and O–H groups in total. The van der Waals surface area contributed by atoms with Crippen molar-refractivity contribution in [1.82, 2.24) is 5.32 Å². The van der Waals surface area contributed by atoms with Gasteiger partial charge in [-0.3, -0.25) is 4.79 Å². The Kier molecular flexibility index (Phi) is 5.46. The molecule has 0 saturated heterocycles. The van der Waals surface area contributed by atoms with E-state index in [0.29, 0.717) is 13.2 Å². The quantitative estimate of drug-likeness (QED) is 0.650. The summed E-state index contributed by atoms with van der Waals surface area (Å²) in [5.41, 5.74) is 1.57. The van der Waals surface area contributed by atoms with Crippen LogP contribution in [0.2, 0.25) is 0 Å². The molecular weight excluding hydrogens is 266 g/mol. The number of hydrogen-bond donors (Lipinski definition) is 1. The first kappa shape index (κ1) is 14.7. The number of carbonyl (C=O) groups is 1. The molecule has 1 amide bonds. The zero-order valence-electron chi connectivity index (χ0n) is 11.8. The molecule has 0 heterocycles. The predicted molar refractivity (Wildman–Crippen MR) is 81.2 cm³/mol. The van der Waals surface area contributed by atoms with Crippen LogP contribution in [0.4, 0.5) is 11.4 Å². The smallest absolute Gasteiger partial charge is 0.216 e. The lowest BCUT2D eigenvalue weighted by Crippen LogP contribution is -2.25. The average molecular weight is 283 g/mol. The largest absolute Gasteiger partial charge is 0.492 e. The zero-order chi connectivity index (χ0) is 14.9. The van der Waals surface area contributed by atoms with Crippen LogP contribution in [0.3, 0.4) is 0 Å². The molecule has 0 aromatic heterocycles. The maximum Gasteiger partial charge on any atom is 0.216 e. The van der Waals surface area contributed by atoms with Gasteiger partial charge in [-0.2, -0.15) is 10.2 Å². The second-order valence-electron chi connectivity index (χ2n) is 4.36. The summed E-state index contributed by atoms with van der Waals surface area (Å²) in [6.07, 6.45) is 0. The summed E-state index contributed by atoms with van der Waals surface area (Å²) in [6, 6.07) is 16.9. The van der Waals surface area contributed by atoms with Crippen LogP contribution in [0.5, 0.6) is 5.75 Å². The molecule has 5 heteroatoms. The topological polar surface area (TPSA) is 63.0 Å². The third-order valence-corrected chi connectivity index (χ3v) is 2.62. The molecule has 0 aliphatic rings. The predicted octanol–water partition coefficient (Wildman–Crippen LogP) is 3.62. The lowest BCUT2D eigenvalue weighted by molar-refractivity contribution is -0.119. The van der Waals surface area contributed by atoms with E-state index < -0.39 is 0 Å². The summed E-state index contributed by atoms with van der Waals surface area (Å²) < 4.78 is 5.49. The van der Waals surface area contributed by atoms with Gasteiger partial charge < -0.3 is 10.1 Å². The first-order chi connectivity index (χ1) is 10.2. The van der Waals surface area contributed by atoms with Crippen LogP contribution in [0.25, 0.3) is 0 Å². The second kappa shape index (κ2) is 7.79. The molecule has 5 nitrogen and oxygen atoms in total. The minimum absolute atomic E-state index is 0.0599. The number of nitrogens with zero attached hydrogens (tertiary/aromatic N) is 2. The fourth-order valence-electron chi connectivity index (χ4n) is 1.62. The standard InChI is InChI=1S/C16H17N3O2/c1-13(20)17-11-12-21-16-9-7-15(8-10-16)19-18-14-5-3-2-4-6-14/h2-10H,11-12H2,1H3,(H,17,20). The van der Waals surface area contributed by atoms with E-state index in [2.05, 4.69) is 15.5 Å². The third kappa shape index (κ3) is 5.44. The normalized spacial score (nSPS) is 10.5. The summed E-state index contributed by atoms with van der Waals surface area (Å²) in [6.45, 7) is 2.40. The molecule has 0 aliphatic carbocycles. The van der Waals surface area contributed by atoms with Gasteiger partial charge in [-0.05, 0) is 36.4 Å². The fourth-order valence-corrected chi connectivity index (χ4v) is 1.62. The van der Waals surface area contributed by atoms with Crippen LogP contribution in [0.15, 0.2) is 64.8 Å². The number of hydrogen-bond acceptors (Lipinski definition) is 4. The lowest BCUT2D eigenvalue weighted by Gasteiger charge is -2.06. The summed E-state index contributed by atoms with van der Waals surface area (Å²) in [5, 5.41) is 11.0. The molecule has 2 aromatic carbocycles. The Morgan fingerprint density at radius 3 is 2.24 bits per heavy atom. The van der Waals surface area contributed by atoms with E-state index in [9.17, 15) is 4.79 Å². The molecule has 2 rings (SSSR count). The van der Waals surface area contributed by atoms with Gasteiger partial charge in [0.2, 0.25) is 5.91 Å². The van der Waals surface area contributed by atoms with E-state index in [1.54, 1.807) is 0 Å². The Bertz CT molecular complexity index is 595. The van der Waals surface area contributed by atoms with Gasteiger partial charge in [0.05, 0.1) is 17.9 Å².